The van der Waals surface area contributed by atoms with E-state index in [1.54, 1.807) is 0 Å². The zero-order valence-corrected chi connectivity index (χ0v) is 19.1. The molecule has 0 heterocycles. The van der Waals surface area contributed by atoms with Crippen LogP contribution in [0.15, 0.2) is 0 Å². The van der Waals surface area contributed by atoms with Gasteiger partial charge in [-0.2, -0.15) is 0 Å². The molecule has 8 nitrogen and oxygen atoms in total. The van der Waals surface area contributed by atoms with Crippen molar-refractivity contribution >= 4 is 23.9 Å². The van der Waals surface area contributed by atoms with Crippen molar-refractivity contribution in [2.45, 2.75) is 116 Å². The van der Waals surface area contributed by atoms with E-state index in [-0.39, 0.29) is 12.8 Å². The summed E-state index contributed by atoms with van der Waals surface area (Å²) >= 11 is 0. The van der Waals surface area contributed by atoms with Crippen molar-refractivity contribution < 1.29 is 39.2 Å². The highest BCUT2D eigenvalue weighted by atomic mass is 16.6. The zero-order valence-electron chi connectivity index (χ0n) is 19.1. The van der Waals surface area contributed by atoms with Crippen LogP contribution in [0.3, 0.4) is 0 Å². The molecule has 0 aliphatic heterocycles. The molecule has 0 fully saturated rings. The summed E-state index contributed by atoms with van der Waals surface area (Å²) in [7, 11) is 0. The fourth-order valence-electron chi connectivity index (χ4n) is 3.71. The van der Waals surface area contributed by atoms with Gasteiger partial charge in [-0.05, 0) is 12.8 Å². The van der Waals surface area contributed by atoms with Crippen LogP contribution in [-0.2, 0) is 23.9 Å². The second-order valence-corrected chi connectivity index (χ2v) is 8.20. The van der Waals surface area contributed by atoms with Gasteiger partial charge in [0, 0.05) is 6.42 Å². The fourth-order valence-corrected chi connectivity index (χ4v) is 3.71. The molecule has 0 aliphatic rings. The molecule has 8 heteroatoms. The van der Waals surface area contributed by atoms with Crippen LogP contribution in [0.25, 0.3) is 0 Å². The van der Waals surface area contributed by atoms with Crippen molar-refractivity contribution in [3.63, 3.8) is 0 Å². The van der Waals surface area contributed by atoms with Gasteiger partial charge < -0.3 is 20.1 Å². The molecule has 0 aliphatic carbocycles. The SMILES string of the molecule is CCCCCCCCCCCC(C(=O)O)C(CC(=O)O)(OC(=O)CCCCC)C(=O)O. The predicted octanol–water partition coefficient (Wildman–Crippen LogP) is 5.03. The minimum Gasteiger partial charge on any atom is -0.481 e. The van der Waals surface area contributed by atoms with E-state index in [9.17, 15) is 34.5 Å². The Morgan fingerprint density at radius 2 is 1.23 bits per heavy atom. The number of carbonyl (C=O) groups is 4. The van der Waals surface area contributed by atoms with E-state index in [2.05, 4.69) is 6.92 Å². The zero-order chi connectivity index (χ0) is 23.7. The summed E-state index contributed by atoms with van der Waals surface area (Å²) in [6, 6.07) is 0. The number of ether oxygens (including phenoxy) is 1. The molecule has 0 bridgehead atoms. The standard InChI is InChI=1S/C23H40O8/c1-3-5-7-8-9-10-11-12-14-15-18(21(27)28)23(22(29)30,17-19(24)25)31-20(26)16-13-6-4-2/h18H,3-17H2,1-2H3,(H,24,25)(H,27,28)(H,29,30). The van der Waals surface area contributed by atoms with Crippen molar-refractivity contribution in [2.75, 3.05) is 0 Å². The number of hydrogen-bond acceptors (Lipinski definition) is 5. The van der Waals surface area contributed by atoms with E-state index in [1.165, 1.54) is 25.7 Å². The second-order valence-electron chi connectivity index (χ2n) is 8.20. The Morgan fingerprint density at radius 1 is 0.742 bits per heavy atom. The molecule has 0 aromatic heterocycles. The summed E-state index contributed by atoms with van der Waals surface area (Å²) in [5, 5.41) is 28.7. The summed E-state index contributed by atoms with van der Waals surface area (Å²) in [4.78, 5) is 47.5. The van der Waals surface area contributed by atoms with Crippen molar-refractivity contribution in [2.24, 2.45) is 5.92 Å². The maximum absolute atomic E-state index is 12.2. The molecule has 0 rings (SSSR count). The van der Waals surface area contributed by atoms with Gasteiger partial charge in [0.05, 0.1) is 6.42 Å². The molecular formula is C23H40O8. The van der Waals surface area contributed by atoms with Crippen LogP contribution in [0.1, 0.15) is 110 Å². The highest BCUT2D eigenvalue weighted by molar-refractivity contribution is 5.92. The Balaban J connectivity index is 5.07. The van der Waals surface area contributed by atoms with E-state index in [1.807, 2.05) is 6.92 Å². The van der Waals surface area contributed by atoms with Crippen LogP contribution in [0.4, 0.5) is 0 Å². The number of aliphatic carboxylic acids is 3. The largest absolute Gasteiger partial charge is 0.481 e. The molecule has 0 amide bonds. The Bertz CT molecular complexity index is 560. The van der Waals surface area contributed by atoms with E-state index in [4.69, 9.17) is 4.74 Å². The third-order valence-corrected chi connectivity index (χ3v) is 5.51. The summed E-state index contributed by atoms with van der Waals surface area (Å²) in [6.07, 6.45) is 9.75. The average molecular weight is 445 g/mol. The molecule has 31 heavy (non-hydrogen) atoms. The van der Waals surface area contributed by atoms with E-state index in [0.717, 1.165) is 32.1 Å². The minimum atomic E-state index is -2.61. The first kappa shape index (κ1) is 28.9. The summed E-state index contributed by atoms with van der Waals surface area (Å²) in [5.41, 5.74) is -2.61. The molecule has 0 radical (unpaired) electrons. The lowest BCUT2D eigenvalue weighted by Gasteiger charge is -2.33. The molecule has 3 N–H and O–H groups in total. The first-order valence-electron chi connectivity index (χ1n) is 11.6. The van der Waals surface area contributed by atoms with Gasteiger partial charge in [0.1, 0.15) is 5.92 Å². The van der Waals surface area contributed by atoms with E-state index < -0.39 is 41.8 Å². The average Bonchev–Trinajstić information content (AvgIpc) is 2.68. The van der Waals surface area contributed by atoms with E-state index in [0.29, 0.717) is 19.3 Å². The number of hydrogen-bond donors (Lipinski definition) is 3. The normalized spacial score (nSPS) is 13.9. The maximum atomic E-state index is 12.2. The predicted molar refractivity (Wildman–Crippen MR) is 116 cm³/mol. The second kappa shape index (κ2) is 16.6. The molecule has 0 saturated heterocycles. The fraction of sp³-hybridized carbons (Fsp3) is 0.826. The Hall–Kier alpha value is -2.12. The molecule has 0 aromatic rings. The highest BCUT2D eigenvalue weighted by Gasteiger charge is 2.54. The van der Waals surface area contributed by atoms with Gasteiger partial charge in [-0.3, -0.25) is 14.4 Å². The van der Waals surface area contributed by atoms with Crippen LogP contribution in [0, 0.1) is 5.92 Å². The lowest BCUT2D eigenvalue weighted by molar-refractivity contribution is -0.195. The van der Waals surface area contributed by atoms with E-state index >= 15 is 0 Å². The van der Waals surface area contributed by atoms with Gasteiger partial charge in [-0.15, -0.1) is 0 Å². The summed E-state index contributed by atoms with van der Waals surface area (Å²) in [6.45, 7) is 4.09. The van der Waals surface area contributed by atoms with Crippen molar-refractivity contribution in [3.05, 3.63) is 0 Å². The smallest absolute Gasteiger partial charge is 0.349 e. The molecule has 180 valence electrons. The van der Waals surface area contributed by atoms with Crippen LogP contribution in [0.5, 0.6) is 0 Å². The third kappa shape index (κ3) is 11.7. The lowest BCUT2D eigenvalue weighted by atomic mass is 9.80. The molecule has 2 atom stereocenters. The number of unbranched alkanes of at least 4 members (excludes halogenated alkanes) is 10. The number of esters is 1. The number of carbonyl (C=O) groups excluding carboxylic acids is 1. The molecule has 0 spiro atoms. The van der Waals surface area contributed by atoms with Crippen LogP contribution >= 0.6 is 0 Å². The van der Waals surface area contributed by atoms with Crippen LogP contribution in [0.2, 0.25) is 0 Å². The van der Waals surface area contributed by atoms with Gasteiger partial charge >= 0.3 is 23.9 Å². The van der Waals surface area contributed by atoms with Gasteiger partial charge in [0.25, 0.3) is 0 Å². The number of carboxylic acids is 3. The van der Waals surface area contributed by atoms with Gasteiger partial charge in [-0.25, -0.2) is 4.79 Å². The summed E-state index contributed by atoms with van der Waals surface area (Å²) < 4.78 is 5.11. The summed E-state index contributed by atoms with van der Waals surface area (Å²) in [5.74, 6) is -7.23. The van der Waals surface area contributed by atoms with Gasteiger partial charge in [0.2, 0.25) is 5.60 Å². The molecule has 0 aromatic carbocycles. The van der Waals surface area contributed by atoms with Gasteiger partial charge in [0.15, 0.2) is 0 Å². The van der Waals surface area contributed by atoms with Crippen molar-refractivity contribution in [3.8, 4) is 0 Å². The van der Waals surface area contributed by atoms with Crippen LogP contribution in [-0.4, -0.2) is 44.8 Å². The number of rotatable bonds is 20. The first-order valence-corrected chi connectivity index (χ1v) is 11.6. The quantitative estimate of drug-likeness (QED) is 0.175. The monoisotopic (exact) mass is 444 g/mol. The van der Waals surface area contributed by atoms with Crippen molar-refractivity contribution in [1.29, 1.82) is 0 Å². The highest BCUT2D eigenvalue weighted by Crippen LogP contribution is 2.33. The minimum absolute atomic E-state index is 0.0625. The molecule has 2 unspecified atom stereocenters. The van der Waals surface area contributed by atoms with Crippen LogP contribution < -0.4 is 0 Å². The maximum Gasteiger partial charge on any atom is 0.349 e. The van der Waals surface area contributed by atoms with Crippen molar-refractivity contribution in [1.82, 2.24) is 0 Å². The molecule has 0 saturated carbocycles. The lowest BCUT2D eigenvalue weighted by Crippen LogP contribution is -2.54. The first-order chi connectivity index (χ1) is 14.7. The topological polar surface area (TPSA) is 138 Å². The Labute approximate surface area is 185 Å². The Kier molecular flexibility index (Phi) is 15.4. The molecular weight excluding hydrogens is 404 g/mol. The Morgan fingerprint density at radius 3 is 1.68 bits per heavy atom. The number of carboxylic acid groups (broad SMARTS) is 3. The van der Waals surface area contributed by atoms with Gasteiger partial charge in [-0.1, -0.05) is 84.5 Å². The third-order valence-electron chi connectivity index (χ3n) is 5.51.